The fourth-order valence-corrected chi connectivity index (χ4v) is 2.35. The van der Waals surface area contributed by atoms with Crippen molar-refractivity contribution >= 4 is 0 Å². The maximum absolute atomic E-state index is 6.01. The van der Waals surface area contributed by atoms with Crippen LogP contribution in [0.4, 0.5) is 0 Å². The van der Waals surface area contributed by atoms with Gasteiger partial charge in [-0.3, -0.25) is 0 Å². The predicted molar refractivity (Wildman–Crippen MR) is 79.2 cm³/mol. The molecule has 1 aromatic carbocycles. The lowest BCUT2D eigenvalue weighted by Crippen LogP contribution is -2.25. The molecule has 2 rings (SSSR count). The number of hydrogen-bond donors (Lipinski definition) is 1. The van der Waals surface area contributed by atoms with E-state index in [0.717, 1.165) is 55.8 Å². The van der Waals surface area contributed by atoms with Gasteiger partial charge in [-0.25, -0.2) is 0 Å². The minimum absolute atomic E-state index is 0.128. The third kappa shape index (κ3) is 4.12. The highest BCUT2D eigenvalue weighted by Gasteiger charge is 2.16. The molecule has 1 fully saturated rings. The van der Waals surface area contributed by atoms with Crippen molar-refractivity contribution in [3.8, 4) is 11.5 Å². The van der Waals surface area contributed by atoms with Crippen LogP contribution in [-0.2, 0) is 11.2 Å². The molecular weight excluding hydrogens is 254 g/mol. The van der Waals surface area contributed by atoms with Crippen LogP contribution in [0.5, 0.6) is 11.5 Å². The maximum atomic E-state index is 6.01. The molecular formula is C16H25NO3. The summed E-state index contributed by atoms with van der Waals surface area (Å²) >= 11 is 0. The number of rotatable bonds is 6. The standard InChI is InChI=1S/C16H25NO3/c1-3-13(17)10-12-7-8-14(11-15(12)18-2)20-16-6-4-5-9-19-16/h7-8,11,13,16H,3-6,9-10,17H2,1-2H3. The van der Waals surface area contributed by atoms with Crippen molar-refractivity contribution in [3.63, 3.8) is 0 Å². The highest BCUT2D eigenvalue weighted by molar-refractivity contribution is 5.41. The summed E-state index contributed by atoms with van der Waals surface area (Å²) in [5.74, 6) is 1.63. The van der Waals surface area contributed by atoms with Crippen molar-refractivity contribution in [3.05, 3.63) is 23.8 Å². The zero-order valence-electron chi connectivity index (χ0n) is 12.4. The Bertz CT molecular complexity index is 416. The highest BCUT2D eigenvalue weighted by atomic mass is 16.7. The van der Waals surface area contributed by atoms with Crippen LogP contribution in [0.15, 0.2) is 18.2 Å². The second kappa shape index (κ2) is 7.50. The maximum Gasteiger partial charge on any atom is 0.199 e. The topological polar surface area (TPSA) is 53.7 Å². The van der Waals surface area contributed by atoms with Crippen molar-refractivity contribution in [2.75, 3.05) is 13.7 Å². The number of methoxy groups -OCH3 is 1. The number of nitrogens with two attached hydrogens (primary N) is 1. The van der Waals surface area contributed by atoms with Crippen molar-refractivity contribution in [2.45, 2.75) is 51.4 Å². The SMILES string of the molecule is CCC(N)Cc1ccc(OC2CCCCO2)cc1OC. The molecule has 0 saturated carbocycles. The molecule has 2 atom stereocenters. The second-order valence-corrected chi connectivity index (χ2v) is 5.26. The Morgan fingerprint density at radius 3 is 2.90 bits per heavy atom. The molecule has 1 heterocycles. The average molecular weight is 279 g/mol. The van der Waals surface area contributed by atoms with Gasteiger partial charge >= 0.3 is 0 Å². The van der Waals surface area contributed by atoms with Crippen molar-refractivity contribution in [1.29, 1.82) is 0 Å². The van der Waals surface area contributed by atoms with Gasteiger partial charge in [-0.2, -0.15) is 0 Å². The largest absolute Gasteiger partial charge is 0.496 e. The van der Waals surface area contributed by atoms with Gasteiger partial charge in [0.05, 0.1) is 13.7 Å². The summed E-state index contributed by atoms with van der Waals surface area (Å²) < 4.78 is 16.9. The summed E-state index contributed by atoms with van der Waals surface area (Å²) in [4.78, 5) is 0. The van der Waals surface area contributed by atoms with E-state index >= 15 is 0 Å². The van der Waals surface area contributed by atoms with Gasteiger partial charge in [-0.1, -0.05) is 13.0 Å². The van der Waals surface area contributed by atoms with E-state index in [4.69, 9.17) is 19.9 Å². The average Bonchev–Trinajstić information content (AvgIpc) is 2.49. The Balaban J connectivity index is 2.03. The van der Waals surface area contributed by atoms with Crippen molar-refractivity contribution in [1.82, 2.24) is 0 Å². The van der Waals surface area contributed by atoms with E-state index in [1.54, 1.807) is 7.11 Å². The lowest BCUT2D eigenvalue weighted by Gasteiger charge is -2.24. The zero-order valence-corrected chi connectivity index (χ0v) is 12.4. The molecule has 20 heavy (non-hydrogen) atoms. The third-order valence-corrected chi connectivity index (χ3v) is 3.67. The van der Waals surface area contributed by atoms with E-state index in [9.17, 15) is 0 Å². The summed E-state index contributed by atoms with van der Waals surface area (Å²) in [5.41, 5.74) is 7.13. The smallest absolute Gasteiger partial charge is 0.199 e. The molecule has 1 aromatic rings. The van der Waals surface area contributed by atoms with Gasteiger partial charge in [0.25, 0.3) is 0 Å². The molecule has 1 aliphatic heterocycles. The van der Waals surface area contributed by atoms with Gasteiger partial charge in [0, 0.05) is 18.5 Å². The van der Waals surface area contributed by atoms with Gasteiger partial charge in [-0.15, -0.1) is 0 Å². The summed E-state index contributed by atoms with van der Waals surface area (Å²) in [5, 5.41) is 0. The van der Waals surface area contributed by atoms with Crippen LogP contribution >= 0.6 is 0 Å². The van der Waals surface area contributed by atoms with Gasteiger partial charge < -0.3 is 19.9 Å². The number of ether oxygens (including phenoxy) is 3. The van der Waals surface area contributed by atoms with Crippen LogP contribution in [0.25, 0.3) is 0 Å². The van der Waals surface area contributed by atoms with Gasteiger partial charge in [0.2, 0.25) is 0 Å². The van der Waals surface area contributed by atoms with Crippen molar-refractivity contribution in [2.24, 2.45) is 5.73 Å². The first kappa shape index (κ1) is 15.1. The number of benzene rings is 1. The Morgan fingerprint density at radius 1 is 1.40 bits per heavy atom. The van der Waals surface area contributed by atoms with Gasteiger partial charge in [-0.05, 0) is 37.3 Å². The summed E-state index contributed by atoms with van der Waals surface area (Å²) in [6.07, 6.45) is 4.88. The van der Waals surface area contributed by atoms with Gasteiger partial charge in [0.1, 0.15) is 11.5 Å². The molecule has 0 radical (unpaired) electrons. The highest BCUT2D eigenvalue weighted by Crippen LogP contribution is 2.28. The Kier molecular flexibility index (Phi) is 5.68. The fraction of sp³-hybridized carbons (Fsp3) is 0.625. The first-order chi connectivity index (χ1) is 9.72. The fourth-order valence-electron chi connectivity index (χ4n) is 2.35. The summed E-state index contributed by atoms with van der Waals surface area (Å²) in [6.45, 7) is 2.88. The molecule has 112 valence electrons. The monoisotopic (exact) mass is 279 g/mol. The van der Waals surface area contributed by atoms with E-state index in [1.165, 1.54) is 0 Å². The van der Waals surface area contributed by atoms with E-state index in [2.05, 4.69) is 6.92 Å². The van der Waals surface area contributed by atoms with E-state index in [0.29, 0.717) is 0 Å². The van der Waals surface area contributed by atoms with E-state index in [-0.39, 0.29) is 12.3 Å². The lowest BCUT2D eigenvalue weighted by molar-refractivity contribution is -0.105. The first-order valence-corrected chi connectivity index (χ1v) is 7.43. The third-order valence-electron chi connectivity index (χ3n) is 3.67. The minimum atomic E-state index is -0.128. The van der Waals surface area contributed by atoms with Crippen LogP contribution in [0.1, 0.15) is 38.2 Å². The molecule has 0 bridgehead atoms. The van der Waals surface area contributed by atoms with E-state index in [1.807, 2.05) is 18.2 Å². The Morgan fingerprint density at radius 2 is 2.25 bits per heavy atom. The van der Waals surface area contributed by atoms with Crippen LogP contribution in [0.3, 0.4) is 0 Å². The molecule has 4 nitrogen and oxygen atoms in total. The molecule has 0 aromatic heterocycles. The molecule has 2 unspecified atom stereocenters. The molecule has 4 heteroatoms. The molecule has 0 spiro atoms. The molecule has 2 N–H and O–H groups in total. The zero-order chi connectivity index (χ0) is 14.4. The van der Waals surface area contributed by atoms with Crippen LogP contribution < -0.4 is 15.2 Å². The van der Waals surface area contributed by atoms with Crippen LogP contribution in [0, 0.1) is 0 Å². The quantitative estimate of drug-likeness (QED) is 0.870. The normalized spacial score (nSPS) is 20.4. The number of hydrogen-bond acceptors (Lipinski definition) is 4. The summed E-state index contributed by atoms with van der Waals surface area (Å²) in [7, 11) is 1.68. The molecule has 0 amide bonds. The molecule has 0 aliphatic carbocycles. The van der Waals surface area contributed by atoms with Crippen LogP contribution in [0.2, 0.25) is 0 Å². The molecule has 1 saturated heterocycles. The lowest BCUT2D eigenvalue weighted by atomic mass is 10.0. The first-order valence-electron chi connectivity index (χ1n) is 7.43. The predicted octanol–water partition coefficient (Wildman–Crippen LogP) is 2.88. The van der Waals surface area contributed by atoms with Crippen LogP contribution in [-0.4, -0.2) is 26.0 Å². The van der Waals surface area contributed by atoms with E-state index < -0.39 is 0 Å². The Labute approximate surface area is 121 Å². The Hall–Kier alpha value is -1.26. The second-order valence-electron chi connectivity index (χ2n) is 5.26. The van der Waals surface area contributed by atoms with Gasteiger partial charge in [0.15, 0.2) is 6.29 Å². The summed E-state index contributed by atoms with van der Waals surface area (Å²) in [6, 6.07) is 6.10. The van der Waals surface area contributed by atoms with Crippen molar-refractivity contribution < 1.29 is 14.2 Å². The minimum Gasteiger partial charge on any atom is -0.496 e. The molecule has 1 aliphatic rings.